The summed E-state index contributed by atoms with van der Waals surface area (Å²) < 4.78 is 27.0. The van der Waals surface area contributed by atoms with Crippen molar-refractivity contribution in [3.05, 3.63) is 59.8 Å². The number of fused-ring (bicyclic) bond motifs is 1. The Kier molecular flexibility index (Phi) is 6.07. The molecule has 8 heteroatoms. The predicted octanol–water partition coefficient (Wildman–Crippen LogP) is 3.46. The summed E-state index contributed by atoms with van der Waals surface area (Å²) in [4.78, 5) is 12.2. The van der Waals surface area contributed by atoms with Crippen LogP contribution in [0.5, 0.6) is 23.0 Å². The van der Waals surface area contributed by atoms with Crippen LogP contribution in [0.3, 0.4) is 0 Å². The first-order valence-electron chi connectivity index (χ1n) is 9.70. The molecule has 0 radical (unpaired) electrons. The Bertz CT molecular complexity index is 1110. The molecule has 0 saturated heterocycles. The first-order valence-corrected chi connectivity index (χ1v) is 9.70. The molecule has 0 bridgehead atoms. The highest BCUT2D eigenvalue weighted by Gasteiger charge is 2.15. The summed E-state index contributed by atoms with van der Waals surface area (Å²) in [6.07, 6.45) is 3.14. The van der Waals surface area contributed by atoms with Crippen molar-refractivity contribution in [2.75, 3.05) is 27.4 Å². The largest absolute Gasteiger partial charge is 0.493 e. The lowest BCUT2D eigenvalue weighted by molar-refractivity contribution is -0.116. The van der Waals surface area contributed by atoms with Gasteiger partial charge in [0.2, 0.25) is 5.91 Å². The highest BCUT2D eigenvalue weighted by atomic mass is 16.6. The van der Waals surface area contributed by atoms with Crippen LogP contribution in [0.2, 0.25) is 0 Å². The third-order valence-corrected chi connectivity index (χ3v) is 4.66. The van der Waals surface area contributed by atoms with Gasteiger partial charge in [0, 0.05) is 17.7 Å². The summed E-state index contributed by atoms with van der Waals surface area (Å²) in [5.41, 5.74) is 2.25. The molecule has 0 saturated carbocycles. The molecule has 8 nitrogen and oxygen atoms in total. The summed E-state index contributed by atoms with van der Waals surface area (Å²) >= 11 is 0. The standard InChI is InChI=1S/C23H22N2O6/c1-27-18-6-3-15(11-21(18)28-2)4-8-23(26)24-14-17-13-20(31-25-17)16-5-7-19-22(12-16)30-10-9-29-19/h3-8,11-13H,9-10,14H2,1-2H3,(H,24,26)/b8-4-. The van der Waals surface area contributed by atoms with Gasteiger partial charge in [-0.3, -0.25) is 4.79 Å². The number of hydrogen-bond acceptors (Lipinski definition) is 7. The van der Waals surface area contributed by atoms with Crippen LogP contribution in [0.25, 0.3) is 17.4 Å². The number of hydrogen-bond donors (Lipinski definition) is 1. The van der Waals surface area contributed by atoms with Crippen molar-refractivity contribution in [1.82, 2.24) is 10.5 Å². The molecule has 0 fully saturated rings. The van der Waals surface area contributed by atoms with E-state index in [0.29, 0.717) is 47.7 Å². The molecule has 160 valence electrons. The van der Waals surface area contributed by atoms with Crippen molar-refractivity contribution < 1.29 is 28.3 Å². The topological polar surface area (TPSA) is 92.1 Å². The zero-order valence-corrected chi connectivity index (χ0v) is 17.2. The molecule has 31 heavy (non-hydrogen) atoms. The van der Waals surface area contributed by atoms with Crippen LogP contribution in [0.1, 0.15) is 11.3 Å². The van der Waals surface area contributed by atoms with Crippen LogP contribution >= 0.6 is 0 Å². The summed E-state index contributed by atoms with van der Waals surface area (Å²) in [5.74, 6) is 2.95. The maximum atomic E-state index is 12.2. The second-order valence-corrected chi connectivity index (χ2v) is 6.71. The molecular formula is C23H22N2O6. The Morgan fingerprint density at radius 1 is 1.03 bits per heavy atom. The maximum Gasteiger partial charge on any atom is 0.244 e. The molecule has 2 heterocycles. The molecule has 1 aliphatic heterocycles. The number of nitrogens with one attached hydrogen (secondary N) is 1. The molecule has 4 rings (SSSR count). The summed E-state index contributed by atoms with van der Waals surface area (Å²) in [5, 5.41) is 6.81. The maximum absolute atomic E-state index is 12.2. The number of benzene rings is 2. The first kappa shape index (κ1) is 20.3. The molecule has 3 aromatic rings. The van der Waals surface area contributed by atoms with Crippen LogP contribution in [0, 0.1) is 0 Å². The average molecular weight is 422 g/mol. The second-order valence-electron chi connectivity index (χ2n) is 6.71. The second kappa shape index (κ2) is 9.25. The Morgan fingerprint density at radius 3 is 2.65 bits per heavy atom. The van der Waals surface area contributed by atoms with E-state index in [1.54, 1.807) is 38.5 Å². The minimum atomic E-state index is -0.251. The van der Waals surface area contributed by atoms with Gasteiger partial charge in [0.1, 0.15) is 18.9 Å². The van der Waals surface area contributed by atoms with Crippen LogP contribution in [0.4, 0.5) is 0 Å². The number of methoxy groups -OCH3 is 2. The molecule has 1 aliphatic rings. The van der Waals surface area contributed by atoms with Gasteiger partial charge in [-0.2, -0.15) is 0 Å². The van der Waals surface area contributed by atoms with Gasteiger partial charge in [-0.25, -0.2) is 0 Å². The molecule has 2 aromatic carbocycles. The summed E-state index contributed by atoms with van der Waals surface area (Å²) in [6, 6.07) is 12.8. The van der Waals surface area contributed by atoms with E-state index in [4.69, 9.17) is 23.5 Å². The lowest BCUT2D eigenvalue weighted by atomic mass is 10.1. The summed E-state index contributed by atoms with van der Waals surface area (Å²) in [6.45, 7) is 1.29. The van der Waals surface area contributed by atoms with Gasteiger partial charge < -0.3 is 28.8 Å². The number of aromatic nitrogens is 1. The Labute approximate surface area is 179 Å². The van der Waals surface area contributed by atoms with Crippen molar-refractivity contribution in [3.63, 3.8) is 0 Å². The van der Waals surface area contributed by atoms with Crippen molar-refractivity contribution >= 4 is 12.0 Å². The number of carbonyl (C=O) groups excluding carboxylic acids is 1. The van der Waals surface area contributed by atoms with Crippen LogP contribution in [-0.2, 0) is 11.3 Å². The van der Waals surface area contributed by atoms with Gasteiger partial charge in [0.15, 0.2) is 28.8 Å². The van der Waals surface area contributed by atoms with Crippen LogP contribution in [0.15, 0.2) is 53.1 Å². The minimum Gasteiger partial charge on any atom is -0.493 e. The summed E-state index contributed by atoms with van der Waals surface area (Å²) in [7, 11) is 3.14. The van der Waals surface area contributed by atoms with Crippen LogP contribution < -0.4 is 24.3 Å². The van der Waals surface area contributed by atoms with Crippen molar-refractivity contribution in [2.24, 2.45) is 0 Å². The van der Waals surface area contributed by atoms with E-state index < -0.39 is 0 Å². The molecule has 1 N–H and O–H groups in total. The van der Waals surface area contributed by atoms with Crippen molar-refractivity contribution in [2.45, 2.75) is 6.54 Å². The Hall–Kier alpha value is -3.94. The zero-order chi connectivity index (χ0) is 21.6. The zero-order valence-electron chi connectivity index (χ0n) is 17.2. The number of ether oxygens (including phenoxy) is 4. The van der Waals surface area contributed by atoms with Gasteiger partial charge in [-0.05, 0) is 42.0 Å². The lowest BCUT2D eigenvalue weighted by Gasteiger charge is -2.18. The molecule has 1 aromatic heterocycles. The molecule has 0 unspecified atom stereocenters. The highest BCUT2D eigenvalue weighted by Crippen LogP contribution is 2.34. The fraction of sp³-hybridized carbons (Fsp3) is 0.217. The third kappa shape index (κ3) is 4.80. The van der Waals surface area contributed by atoms with Gasteiger partial charge >= 0.3 is 0 Å². The predicted molar refractivity (Wildman–Crippen MR) is 113 cm³/mol. The quantitative estimate of drug-likeness (QED) is 0.583. The van der Waals surface area contributed by atoms with Crippen molar-refractivity contribution in [1.29, 1.82) is 0 Å². The molecular weight excluding hydrogens is 400 g/mol. The fourth-order valence-corrected chi connectivity index (χ4v) is 3.09. The minimum absolute atomic E-state index is 0.239. The monoisotopic (exact) mass is 422 g/mol. The first-order chi connectivity index (χ1) is 15.2. The van der Waals surface area contributed by atoms with Crippen LogP contribution in [-0.4, -0.2) is 38.5 Å². The fourth-order valence-electron chi connectivity index (χ4n) is 3.09. The van der Waals surface area contributed by atoms with E-state index in [0.717, 1.165) is 11.1 Å². The molecule has 0 atom stereocenters. The van der Waals surface area contributed by atoms with E-state index in [1.807, 2.05) is 24.3 Å². The van der Waals surface area contributed by atoms with E-state index in [9.17, 15) is 4.79 Å². The van der Waals surface area contributed by atoms with E-state index in [-0.39, 0.29) is 12.5 Å². The Morgan fingerprint density at radius 2 is 1.84 bits per heavy atom. The van der Waals surface area contributed by atoms with Gasteiger partial charge in [-0.1, -0.05) is 11.2 Å². The van der Waals surface area contributed by atoms with E-state index >= 15 is 0 Å². The SMILES string of the molecule is COc1ccc(/C=C\C(=O)NCc2cc(-c3ccc4c(c3)OCCO4)on2)cc1OC. The number of nitrogens with zero attached hydrogens (tertiary/aromatic N) is 1. The molecule has 0 aliphatic carbocycles. The van der Waals surface area contributed by atoms with Gasteiger partial charge in [0.25, 0.3) is 0 Å². The smallest absolute Gasteiger partial charge is 0.244 e. The third-order valence-electron chi connectivity index (χ3n) is 4.66. The molecule has 1 amide bonds. The number of rotatable bonds is 7. The Balaban J connectivity index is 1.35. The number of amides is 1. The van der Waals surface area contributed by atoms with Gasteiger partial charge in [-0.15, -0.1) is 0 Å². The highest BCUT2D eigenvalue weighted by molar-refractivity contribution is 5.91. The van der Waals surface area contributed by atoms with E-state index in [1.165, 1.54) is 6.08 Å². The van der Waals surface area contributed by atoms with Crippen molar-refractivity contribution in [3.8, 4) is 34.3 Å². The lowest BCUT2D eigenvalue weighted by Crippen LogP contribution is -2.20. The average Bonchev–Trinajstić information content (AvgIpc) is 3.30. The number of carbonyl (C=O) groups is 1. The normalized spacial score (nSPS) is 12.6. The van der Waals surface area contributed by atoms with E-state index in [2.05, 4.69) is 10.5 Å². The van der Waals surface area contributed by atoms with Gasteiger partial charge in [0.05, 0.1) is 20.8 Å². The molecule has 0 spiro atoms.